The van der Waals surface area contributed by atoms with Crippen LogP contribution in [-0.4, -0.2) is 49.2 Å². The summed E-state index contributed by atoms with van der Waals surface area (Å²) in [5.41, 5.74) is 0. The molecular weight excluding hydrogens is 300 g/mol. The quantitative estimate of drug-likeness (QED) is 0.846. The molecule has 0 N–H and O–H groups in total. The van der Waals surface area contributed by atoms with E-state index in [0.29, 0.717) is 24.2 Å². The summed E-state index contributed by atoms with van der Waals surface area (Å²) in [6.45, 7) is 0.742. The Morgan fingerprint density at radius 1 is 1.20 bits per heavy atom. The summed E-state index contributed by atoms with van der Waals surface area (Å²) in [4.78, 5) is 14.0. The molecule has 1 aliphatic carbocycles. The van der Waals surface area contributed by atoms with Crippen molar-refractivity contribution in [2.75, 3.05) is 19.6 Å². The van der Waals surface area contributed by atoms with Crippen LogP contribution in [0.15, 0.2) is 29.2 Å². The molecule has 7 heteroatoms. The van der Waals surface area contributed by atoms with Gasteiger partial charge in [0.2, 0.25) is 15.9 Å². The second-order valence-electron chi connectivity index (χ2n) is 5.11. The van der Waals surface area contributed by atoms with Crippen LogP contribution in [0.5, 0.6) is 0 Å². The van der Waals surface area contributed by atoms with Gasteiger partial charge >= 0.3 is 0 Å². The van der Waals surface area contributed by atoms with Crippen molar-refractivity contribution in [1.82, 2.24) is 9.21 Å². The van der Waals surface area contributed by atoms with Gasteiger partial charge in [-0.05, 0) is 31.0 Å². The first-order chi connectivity index (χ1) is 9.48. The minimum atomic E-state index is -3.64. The molecular formula is C13H15ClN2O3S. The number of sulfonamides is 1. The van der Waals surface area contributed by atoms with Crippen LogP contribution in [0, 0.1) is 0 Å². The van der Waals surface area contributed by atoms with Crippen molar-refractivity contribution in [1.29, 1.82) is 0 Å². The molecule has 1 aliphatic heterocycles. The fraction of sp³-hybridized carbons (Fsp3) is 0.462. The first kappa shape index (κ1) is 13.9. The van der Waals surface area contributed by atoms with Crippen LogP contribution in [0.25, 0.3) is 0 Å². The summed E-state index contributed by atoms with van der Waals surface area (Å²) in [5, 5.41) is 0.369. The largest absolute Gasteiger partial charge is 0.337 e. The third-order valence-corrected chi connectivity index (χ3v) is 5.72. The Balaban J connectivity index is 1.80. The summed E-state index contributed by atoms with van der Waals surface area (Å²) in [7, 11) is -3.64. The van der Waals surface area contributed by atoms with E-state index in [-0.39, 0.29) is 17.3 Å². The van der Waals surface area contributed by atoms with Crippen molar-refractivity contribution in [2.24, 2.45) is 0 Å². The molecule has 0 bridgehead atoms. The first-order valence-corrected chi connectivity index (χ1v) is 8.35. The normalized spacial score (nSPS) is 21.2. The van der Waals surface area contributed by atoms with Crippen molar-refractivity contribution in [3.8, 4) is 0 Å². The molecule has 0 spiro atoms. The predicted octanol–water partition coefficient (Wildman–Crippen LogP) is 1.34. The van der Waals surface area contributed by atoms with Crippen LogP contribution in [-0.2, 0) is 14.8 Å². The summed E-state index contributed by atoms with van der Waals surface area (Å²) in [6, 6.07) is 6.46. The highest BCUT2D eigenvalue weighted by atomic mass is 35.5. The standard InChI is InChI=1S/C13H15ClN2O3S/c14-10-2-1-3-12(8-10)20(18,19)15-6-7-16(11-4-5-11)13(17)9-15/h1-3,8,11H,4-7,9H2. The Morgan fingerprint density at radius 2 is 1.95 bits per heavy atom. The Kier molecular flexibility index (Phi) is 3.48. The Hall–Kier alpha value is -1.11. The average Bonchev–Trinajstić information content (AvgIpc) is 3.23. The van der Waals surface area contributed by atoms with Crippen molar-refractivity contribution in [3.05, 3.63) is 29.3 Å². The number of piperazine rings is 1. The number of benzene rings is 1. The van der Waals surface area contributed by atoms with Crippen molar-refractivity contribution >= 4 is 27.5 Å². The van der Waals surface area contributed by atoms with E-state index in [4.69, 9.17) is 11.6 Å². The lowest BCUT2D eigenvalue weighted by atomic mass is 10.3. The number of carbonyl (C=O) groups excluding carboxylic acids is 1. The fourth-order valence-electron chi connectivity index (χ4n) is 2.42. The van der Waals surface area contributed by atoms with E-state index in [0.717, 1.165) is 12.8 Å². The number of nitrogens with zero attached hydrogens (tertiary/aromatic N) is 2. The number of hydrogen-bond donors (Lipinski definition) is 0. The molecule has 1 aromatic rings. The lowest BCUT2D eigenvalue weighted by Gasteiger charge is -2.33. The number of amides is 1. The van der Waals surface area contributed by atoms with Crippen LogP contribution in [0.4, 0.5) is 0 Å². The monoisotopic (exact) mass is 314 g/mol. The Labute approximate surface area is 123 Å². The zero-order valence-electron chi connectivity index (χ0n) is 10.8. The van der Waals surface area contributed by atoms with Crippen LogP contribution >= 0.6 is 11.6 Å². The second-order valence-corrected chi connectivity index (χ2v) is 7.49. The van der Waals surface area contributed by atoms with E-state index in [1.165, 1.54) is 16.4 Å². The summed E-state index contributed by atoms with van der Waals surface area (Å²) in [5.74, 6) is -0.107. The zero-order valence-corrected chi connectivity index (χ0v) is 12.4. The van der Waals surface area contributed by atoms with Gasteiger partial charge < -0.3 is 4.90 Å². The molecule has 20 heavy (non-hydrogen) atoms. The number of halogens is 1. The van der Waals surface area contributed by atoms with Crippen LogP contribution in [0.2, 0.25) is 5.02 Å². The molecule has 0 atom stereocenters. The van der Waals surface area contributed by atoms with E-state index in [1.807, 2.05) is 0 Å². The van der Waals surface area contributed by atoms with Gasteiger partial charge in [-0.2, -0.15) is 4.31 Å². The molecule has 3 rings (SSSR count). The second kappa shape index (κ2) is 5.02. The lowest BCUT2D eigenvalue weighted by Crippen LogP contribution is -2.52. The van der Waals surface area contributed by atoms with Gasteiger partial charge in [-0.25, -0.2) is 8.42 Å². The molecule has 1 saturated heterocycles. The van der Waals surface area contributed by atoms with Gasteiger partial charge in [0.25, 0.3) is 0 Å². The van der Waals surface area contributed by atoms with Gasteiger partial charge in [0, 0.05) is 24.2 Å². The van der Waals surface area contributed by atoms with E-state index < -0.39 is 10.0 Å². The SMILES string of the molecule is O=C1CN(S(=O)(=O)c2cccc(Cl)c2)CCN1C1CC1. The molecule has 0 aromatic heterocycles. The number of carbonyl (C=O) groups is 1. The molecule has 2 aliphatic rings. The highest BCUT2D eigenvalue weighted by Gasteiger charge is 2.39. The highest BCUT2D eigenvalue weighted by Crippen LogP contribution is 2.29. The summed E-state index contributed by atoms with van der Waals surface area (Å²) < 4.78 is 26.2. The van der Waals surface area contributed by atoms with Crippen molar-refractivity contribution in [3.63, 3.8) is 0 Å². The third-order valence-electron chi connectivity index (χ3n) is 3.64. The molecule has 5 nitrogen and oxygen atoms in total. The van der Waals surface area contributed by atoms with Crippen molar-refractivity contribution < 1.29 is 13.2 Å². The van der Waals surface area contributed by atoms with E-state index >= 15 is 0 Å². The molecule has 2 fully saturated rings. The Bertz CT molecular complexity index is 643. The Morgan fingerprint density at radius 3 is 2.55 bits per heavy atom. The maximum atomic E-state index is 12.5. The smallest absolute Gasteiger partial charge is 0.243 e. The number of rotatable bonds is 3. The molecule has 1 heterocycles. The molecule has 1 saturated carbocycles. The summed E-state index contributed by atoms with van der Waals surface area (Å²) >= 11 is 5.83. The predicted molar refractivity (Wildman–Crippen MR) is 74.9 cm³/mol. The van der Waals surface area contributed by atoms with E-state index in [1.54, 1.807) is 17.0 Å². The van der Waals surface area contributed by atoms with Crippen LogP contribution in [0.3, 0.4) is 0 Å². The van der Waals surface area contributed by atoms with Crippen LogP contribution in [0.1, 0.15) is 12.8 Å². The molecule has 108 valence electrons. The molecule has 1 aromatic carbocycles. The molecule has 1 amide bonds. The minimum Gasteiger partial charge on any atom is -0.337 e. The fourth-order valence-corrected chi connectivity index (χ4v) is 4.10. The van der Waals surface area contributed by atoms with Crippen molar-refractivity contribution in [2.45, 2.75) is 23.8 Å². The van der Waals surface area contributed by atoms with E-state index in [2.05, 4.69) is 0 Å². The van der Waals surface area contributed by atoms with Crippen LogP contribution < -0.4 is 0 Å². The minimum absolute atomic E-state index is 0.0780. The van der Waals surface area contributed by atoms with Gasteiger partial charge in [-0.1, -0.05) is 17.7 Å². The average molecular weight is 315 g/mol. The van der Waals surface area contributed by atoms with Gasteiger partial charge in [-0.15, -0.1) is 0 Å². The third kappa shape index (κ3) is 2.55. The maximum absolute atomic E-state index is 12.5. The maximum Gasteiger partial charge on any atom is 0.243 e. The van der Waals surface area contributed by atoms with Gasteiger partial charge in [-0.3, -0.25) is 4.79 Å². The van der Waals surface area contributed by atoms with Gasteiger partial charge in [0.1, 0.15) is 0 Å². The molecule has 0 unspecified atom stereocenters. The molecule has 0 radical (unpaired) electrons. The summed E-state index contributed by atoms with van der Waals surface area (Å²) in [6.07, 6.45) is 2.07. The first-order valence-electron chi connectivity index (χ1n) is 6.54. The van der Waals surface area contributed by atoms with Gasteiger partial charge in [0.05, 0.1) is 11.4 Å². The zero-order chi connectivity index (χ0) is 14.3. The lowest BCUT2D eigenvalue weighted by molar-refractivity contribution is -0.134. The number of hydrogen-bond acceptors (Lipinski definition) is 3. The topological polar surface area (TPSA) is 57.7 Å². The highest BCUT2D eigenvalue weighted by molar-refractivity contribution is 7.89. The van der Waals surface area contributed by atoms with E-state index in [9.17, 15) is 13.2 Å². The van der Waals surface area contributed by atoms with Gasteiger partial charge in [0.15, 0.2) is 0 Å².